The molecule has 2 rings (SSSR count). The van der Waals surface area contributed by atoms with E-state index in [0.29, 0.717) is 13.1 Å². The van der Waals surface area contributed by atoms with Gasteiger partial charge in [0, 0.05) is 17.6 Å². The van der Waals surface area contributed by atoms with Crippen LogP contribution in [0.4, 0.5) is 0 Å². The van der Waals surface area contributed by atoms with Crippen LogP contribution in [-0.2, 0) is 9.84 Å². The van der Waals surface area contributed by atoms with E-state index in [0.717, 1.165) is 10.0 Å². The van der Waals surface area contributed by atoms with Crippen LogP contribution in [0.15, 0.2) is 28.7 Å². The molecule has 0 aromatic heterocycles. The van der Waals surface area contributed by atoms with Gasteiger partial charge >= 0.3 is 0 Å². The smallest absolute Gasteiger partial charge is 0.152 e. The van der Waals surface area contributed by atoms with Crippen LogP contribution in [0.5, 0.6) is 0 Å². The lowest BCUT2D eigenvalue weighted by Gasteiger charge is -2.33. The fourth-order valence-corrected chi connectivity index (χ4v) is 3.83. The largest absolute Gasteiger partial charge is 0.394 e. The van der Waals surface area contributed by atoms with Crippen molar-refractivity contribution in [1.29, 1.82) is 0 Å². The van der Waals surface area contributed by atoms with Crippen LogP contribution in [0.25, 0.3) is 0 Å². The van der Waals surface area contributed by atoms with Gasteiger partial charge in [-0.25, -0.2) is 8.42 Å². The highest BCUT2D eigenvalue weighted by Crippen LogP contribution is 2.24. The first-order valence-corrected chi connectivity index (χ1v) is 8.44. The molecule has 0 spiro atoms. The normalized spacial score (nSPS) is 21.7. The van der Waals surface area contributed by atoms with E-state index in [2.05, 4.69) is 15.9 Å². The van der Waals surface area contributed by atoms with Crippen molar-refractivity contribution in [2.24, 2.45) is 0 Å². The molecule has 6 heteroatoms. The van der Waals surface area contributed by atoms with Gasteiger partial charge in [-0.3, -0.25) is 4.90 Å². The van der Waals surface area contributed by atoms with Crippen molar-refractivity contribution in [3.63, 3.8) is 0 Å². The summed E-state index contributed by atoms with van der Waals surface area (Å²) in [5.74, 6) is 0.356. The summed E-state index contributed by atoms with van der Waals surface area (Å²) in [6.45, 7) is 0.969. The highest BCUT2D eigenvalue weighted by atomic mass is 79.9. The standard InChI is InChI=1S/C12H16BrNO3S/c13-11-3-1-2-10(8-11)12(9-15)14-4-6-18(16,17)7-5-14/h1-3,8,12,15H,4-7,9H2. The SMILES string of the molecule is O=S1(=O)CCN(C(CO)c2cccc(Br)c2)CC1. The van der Waals surface area contributed by atoms with E-state index < -0.39 is 9.84 Å². The van der Waals surface area contributed by atoms with E-state index in [1.54, 1.807) is 0 Å². The van der Waals surface area contributed by atoms with Gasteiger partial charge in [-0.05, 0) is 17.7 Å². The van der Waals surface area contributed by atoms with Gasteiger partial charge in [-0.2, -0.15) is 0 Å². The molecule has 0 bridgehead atoms. The minimum absolute atomic E-state index is 0.00347. The van der Waals surface area contributed by atoms with Gasteiger partial charge < -0.3 is 5.11 Å². The van der Waals surface area contributed by atoms with Crippen LogP contribution in [0.1, 0.15) is 11.6 Å². The Morgan fingerprint density at radius 3 is 2.56 bits per heavy atom. The Morgan fingerprint density at radius 1 is 1.33 bits per heavy atom. The Morgan fingerprint density at radius 2 is 2.00 bits per heavy atom. The molecular weight excluding hydrogens is 318 g/mol. The predicted molar refractivity (Wildman–Crippen MR) is 74.2 cm³/mol. The lowest BCUT2D eigenvalue weighted by molar-refractivity contribution is 0.131. The molecule has 1 aromatic carbocycles. The molecule has 1 heterocycles. The van der Waals surface area contributed by atoms with Crippen molar-refractivity contribution in [1.82, 2.24) is 4.90 Å². The first-order chi connectivity index (χ1) is 8.52. The van der Waals surface area contributed by atoms with Crippen LogP contribution < -0.4 is 0 Å². The van der Waals surface area contributed by atoms with Crippen molar-refractivity contribution in [3.8, 4) is 0 Å². The highest BCUT2D eigenvalue weighted by Gasteiger charge is 2.27. The Balaban J connectivity index is 2.15. The van der Waals surface area contributed by atoms with Crippen molar-refractivity contribution < 1.29 is 13.5 Å². The molecule has 1 unspecified atom stereocenters. The average molecular weight is 334 g/mol. The molecular formula is C12H16BrNO3S. The van der Waals surface area contributed by atoms with Gasteiger partial charge in [0.05, 0.1) is 24.2 Å². The number of nitrogens with zero attached hydrogens (tertiary/aromatic N) is 1. The Bertz CT molecular complexity index is 504. The first kappa shape index (κ1) is 14.0. The molecule has 1 N–H and O–H groups in total. The summed E-state index contributed by atoms with van der Waals surface area (Å²) in [5.41, 5.74) is 1.01. The van der Waals surface area contributed by atoms with Gasteiger partial charge in [0.15, 0.2) is 9.84 Å². The number of halogens is 1. The summed E-state index contributed by atoms with van der Waals surface area (Å²) in [4.78, 5) is 2.03. The Hall–Kier alpha value is -0.430. The van der Waals surface area contributed by atoms with Crippen LogP contribution in [0.2, 0.25) is 0 Å². The minimum atomic E-state index is -2.88. The van der Waals surface area contributed by atoms with Gasteiger partial charge in [0.25, 0.3) is 0 Å². The summed E-state index contributed by atoms with van der Waals surface area (Å²) >= 11 is 3.41. The molecule has 0 saturated carbocycles. The van der Waals surface area contributed by atoms with E-state index >= 15 is 0 Å². The molecule has 1 atom stereocenters. The summed E-state index contributed by atoms with van der Waals surface area (Å²) < 4.78 is 23.8. The number of sulfone groups is 1. The molecule has 1 fully saturated rings. The number of aliphatic hydroxyl groups is 1. The molecule has 100 valence electrons. The Kier molecular flexibility index (Phi) is 4.42. The molecule has 4 nitrogen and oxygen atoms in total. The number of aliphatic hydroxyl groups excluding tert-OH is 1. The van der Waals surface area contributed by atoms with E-state index in [1.165, 1.54) is 0 Å². The molecule has 18 heavy (non-hydrogen) atoms. The summed E-state index contributed by atoms with van der Waals surface area (Å²) in [7, 11) is -2.88. The maximum absolute atomic E-state index is 11.4. The van der Waals surface area contributed by atoms with Crippen molar-refractivity contribution in [3.05, 3.63) is 34.3 Å². The maximum atomic E-state index is 11.4. The minimum Gasteiger partial charge on any atom is -0.394 e. The van der Waals surface area contributed by atoms with Gasteiger partial charge in [0.1, 0.15) is 0 Å². The van der Waals surface area contributed by atoms with Crippen LogP contribution >= 0.6 is 15.9 Å². The third-order valence-electron chi connectivity index (χ3n) is 3.23. The maximum Gasteiger partial charge on any atom is 0.152 e. The second-order valence-corrected chi connectivity index (χ2v) is 7.66. The molecule has 1 aliphatic rings. The number of hydrogen-bond donors (Lipinski definition) is 1. The van der Waals surface area contributed by atoms with Crippen LogP contribution in [0.3, 0.4) is 0 Å². The highest BCUT2D eigenvalue weighted by molar-refractivity contribution is 9.10. The average Bonchev–Trinajstić information content (AvgIpc) is 2.32. The molecule has 1 saturated heterocycles. The third-order valence-corrected chi connectivity index (χ3v) is 5.33. The van der Waals surface area contributed by atoms with E-state index in [1.807, 2.05) is 29.2 Å². The fourth-order valence-electron chi connectivity index (χ4n) is 2.18. The van der Waals surface area contributed by atoms with Crippen molar-refractivity contribution in [2.45, 2.75) is 6.04 Å². The van der Waals surface area contributed by atoms with Gasteiger partial charge in [-0.15, -0.1) is 0 Å². The summed E-state index contributed by atoms with van der Waals surface area (Å²) in [6, 6.07) is 7.64. The second-order valence-electron chi connectivity index (χ2n) is 4.44. The second kappa shape index (κ2) is 5.69. The number of hydrogen-bond acceptors (Lipinski definition) is 4. The Labute approximate surface area is 116 Å². The van der Waals surface area contributed by atoms with Crippen molar-refractivity contribution in [2.75, 3.05) is 31.2 Å². The van der Waals surface area contributed by atoms with Crippen molar-refractivity contribution >= 4 is 25.8 Å². The zero-order valence-corrected chi connectivity index (χ0v) is 12.3. The van der Waals surface area contributed by atoms with Crippen LogP contribution in [-0.4, -0.2) is 49.6 Å². The van der Waals surface area contributed by atoms with E-state index in [4.69, 9.17) is 0 Å². The number of benzene rings is 1. The predicted octanol–water partition coefficient (Wildman–Crippen LogP) is 1.21. The van der Waals surface area contributed by atoms with Crippen LogP contribution in [0, 0.1) is 0 Å². The van der Waals surface area contributed by atoms with E-state index in [9.17, 15) is 13.5 Å². The van der Waals surface area contributed by atoms with Gasteiger partial charge in [-0.1, -0.05) is 28.1 Å². The van der Waals surface area contributed by atoms with E-state index in [-0.39, 0.29) is 24.2 Å². The zero-order valence-electron chi connectivity index (χ0n) is 9.92. The molecule has 0 radical (unpaired) electrons. The third kappa shape index (κ3) is 3.32. The lowest BCUT2D eigenvalue weighted by Crippen LogP contribution is -2.43. The summed E-state index contributed by atoms with van der Waals surface area (Å²) in [5, 5.41) is 9.55. The quantitative estimate of drug-likeness (QED) is 0.903. The lowest BCUT2D eigenvalue weighted by atomic mass is 10.1. The molecule has 1 aromatic rings. The monoisotopic (exact) mass is 333 g/mol. The summed E-state index contributed by atoms with van der Waals surface area (Å²) in [6.07, 6.45) is 0. The fraction of sp³-hybridized carbons (Fsp3) is 0.500. The van der Waals surface area contributed by atoms with Gasteiger partial charge in [0.2, 0.25) is 0 Å². The molecule has 1 aliphatic heterocycles. The topological polar surface area (TPSA) is 57.6 Å². The molecule has 0 amide bonds. The number of rotatable bonds is 3. The zero-order chi connectivity index (χ0) is 13.2. The molecule has 0 aliphatic carbocycles. The first-order valence-electron chi connectivity index (χ1n) is 5.82.